The molecule has 1 fully saturated rings. The molecular formula is C19H22N6O2. The van der Waals surface area contributed by atoms with Gasteiger partial charge in [0.1, 0.15) is 6.10 Å². The van der Waals surface area contributed by atoms with Crippen molar-refractivity contribution in [1.82, 2.24) is 29.8 Å². The molecule has 0 spiro atoms. The van der Waals surface area contributed by atoms with Crippen LogP contribution in [0.5, 0.6) is 0 Å². The third kappa shape index (κ3) is 3.75. The molecule has 8 nitrogen and oxygen atoms in total. The van der Waals surface area contributed by atoms with Gasteiger partial charge in [0.2, 0.25) is 0 Å². The minimum Gasteiger partial charge on any atom is -0.366 e. The molecule has 1 unspecified atom stereocenters. The SMILES string of the molecule is CC(C)NC(=O)N1CCOC(c2nc3ccc(-c4ccncc4)cn3n2)C1. The smallest absolute Gasteiger partial charge is 0.317 e. The summed E-state index contributed by atoms with van der Waals surface area (Å²) < 4.78 is 7.58. The maximum Gasteiger partial charge on any atom is 0.317 e. The number of hydrogen-bond acceptors (Lipinski definition) is 5. The maximum atomic E-state index is 12.3. The number of aromatic nitrogens is 4. The molecule has 27 heavy (non-hydrogen) atoms. The van der Waals surface area contributed by atoms with Crippen molar-refractivity contribution < 1.29 is 9.53 Å². The predicted octanol–water partition coefficient (Wildman–Crippen LogP) is 2.28. The molecule has 0 saturated carbocycles. The van der Waals surface area contributed by atoms with E-state index in [4.69, 9.17) is 4.74 Å². The van der Waals surface area contributed by atoms with Crippen LogP contribution in [-0.4, -0.2) is 56.3 Å². The summed E-state index contributed by atoms with van der Waals surface area (Å²) in [5.74, 6) is 0.587. The van der Waals surface area contributed by atoms with Gasteiger partial charge >= 0.3 is 6.03 Å². The Balaban J connectivity index is 1.56. The molecule has 0 aromatic carbocycles. The average Bonchev–Trinajstić information content (AvgIpc) is 3.11. The quantitative estimate of drug-likeness (QED) is 0.769. The molecule has 8 heteroatoms. The number of ether oxygens (including phenoxy) is 1. The van der Waals surface area contributed by atoms with Crippen LogP contribution >= 0.6 is 0 Å². The minimum absolute atomic E-state index is 0.0814. The van der Waals surface area contributed by atoms with Gasteiger partial charge in [0.15, 0.2) is 11.5 Å². The second-order valence-corrected chi connectivity index (χ2v) is 6.84. The van der Waals surface area contributed by atoms with Crippen LogP contribution in [0.1, 0.15) is 25.8 Å². The minimum atomic E-state index is -0.332. The molecule has 1 N–H and O–H groups in total. The standard InChI is InChI=1S/C19H22N6O2/c1-13(2)21-19(26)24-9-10-27-16(12-24)18-22-17-4-3-15(11-25(17)23-18)14-5-7-20-8-6-14/h3-8,11,13,16H,9-10,12H2,1-2H3,(H,21,26). The molecule has 3 aromatic heterocycles. The summed E-state index contributed by atoms with van der Waals surface area (Å²) in [4.78, 5) is 22.7. The summed E-state index contributed by atoms with van der Waals surface area (Å²) in [6.45, 7) is 5.36. The monoisotopic (exact) mass is 366 g/mol. The van der Waals surface area contributed by atoms with E-state index in [1.807, 2.05) is 44.3 Å². The van der Waals surface area contributed by atoms with Gasteiger partial charge in [-0.2, -0.15) is 0 Å². The van der Waals surface area contributed by atoms with Gasteiger partial charge < -0.3 is 15.0 Å². The van der Waals surface area contributed by atoms with Crippen LogP contribution in [0.25, 0.3) is 16.8 Å². The van der Waals surface area contributed by atoms with Crippen molar-refractivity contribution in [2.45, 2.75) is 26.0 Å². The van der Waals surface area contributed by atoms with Crippen LogP contribution in [0.3, 0.4) is 0 Å². The van der Waals surface area contributed by atoms with Gasteiger partial charge in [-0.05, 0) is 43.7 Å². The van der Waals surface area contributed by atoms with E-state index in [-0.39, 0.29) is 18.2 Å². The molecule has 0 bridgehead atoms. The topological polar surface area (TPSA) is 84.7 Å². The maximum absolute atomic E-state index is 12.3. The van der Waals surface area contributed by atoms with Crippen LogP contribution in [0.2, 0.25) is 0 Å². The number of amides is 2. The van der Waals surface area contributed by atoms with Gasteiger partial charge in [0.25, 0.3) is 0 Å². The highest BCUT2D eigenvalue weighted by Crippen LogP contribution is 2.22. The van der Waals surface area contributed by atoms with Crippen molar-refractivity contribution in [3.05, 3.63) is 48.7 Å². The van der Waals surface area contributed by atoms with E-state index in [9.17, 15) is 4.79 Å². The van der Waals surface area contributed by atoms with Gasteiger partial charge in [0.05, 0.1) is 13.2 Å². The zero-order valence-corrected chi connectivity index (χ0v) is 15.4. The number of urea groups is 1. The molecule has 3 aromatic rings. The largest absolute Gasteiger partial charge is 0.366 e. The van der Waals surface area contributed by atoms with Gasteiger partial charge in [-0.25, -0.2) is 14.3 Å². The molecular weight excluding hydrogens is 344 g/mol. The zero-order chi connectivity index (χ0) is 18.8. The van der Waals surface area contributed by atoms with Gasteiger partial charge in [0, 0.05) is 36.7 Å². The third-order valence-electron chi connectivity index (χ3n) is 4.41. The Morgan fingerprint density at radius 1 is 1.22 bits per heavy atom. The lowest BCUT2D eigenvalue weighted by molar-refractivity contribution is -0.0200. The molecule has 0 radical (unpaired) electrons. The highest BCUT2D eigenvalue weighted by atomic mass is 16.5. The molecule has 140 valence electrons. The van der Waals surface area contributed by atoms with Crippen LogP contribution in [-0.2, 0) is 4.74 Å². The van der Waals surface area contributed by atoms with E-state index < -0.39 is 0 Å². The summed E-state index contributed by atoms with van der Waals surface area (Å²) in [6.07, 6.45) is 5.13. The van der Waals surface area contributed by atoms with E-state index in [1.165, 1.54) is 0 Å². The Bertz CT molecular complexity index is 940. The number of carbonyl (C=O) groups is 1. The lowest BCUT2D eigenvalue weighted by Gasteiger charge is -2.32. The lowest BCUT2D eigenvalue weighted by Crippen LogP contribution is -2.49. The summed E-state index contributed by atoms with van der Waals surface area (Å²) in [5, 5.41) is 7.50. The van der Waals surface area contributed by atoms with Crippen LogP contribution in [0.15, 0.2) is 42.9 Å². The molecule has 1 atom stereocenters. The third-order valence-corrected chi connectivity index (χ3v) is 4.41. The van der Waals surface area contributed by atoms with Crippen molar-refractivity contribution in [1.29, 1.82) is 0 Å². The van der Waals surface area contributed by atoms with E-state index in [1.54, 1.807) is 21.8 Å². The van der Waals surface area contributed by atoms with Crippen LogP contribution in [0.4, 0.5) is 4.79 Å². The molecule has 4 rings (SSSR count). The predicted molar refractivity (Wildman–Crippen MR) is 100 cm³/mol. The second-order valence-electron chi connectivity index (χ2n) is 6.84. The number of morpholine rings is 1. The number of nitrogens with one attached hydrogen (secondary N) is 1. The fourth-order valence-electron chi connectivity index (χ4n) is 3.08. The Kier molecular flexibility index (Phi) is 4.72. The Labute approximate surface area is 157 Å². The number of rotatable bonds is 3. The molecule has 1 aliphatic heterocycles. The lowest BCUT2D eigenvalue weighted by atomic mass is 10.1. The molecule has 4 heterocycles. The first-order valence-corrected chi connectivity index (χ1v) is 9.04. The fraction of sp³-hybridized carbons (Fsp3) is 0.368. The molecule has 0 aliphatic carbocycles. The number of hydrogen-bond donors (Lipinski definition) is 1. The number of nitrogens with zero attached hydrogens (tertiary/aromatic N) is 5. The fourth-order valence-corrected chi connectivity index (χ4v) is 3.08. The Hall–Kier alpha value is -3.00. The van der Waals surface area contributed by atoms with Crippen molar-refractivity contribution in [2.24, 2.45) is 0 Å². The van der Waals surface area contributed by atoms with Crippen LogP contribution < -0.4 is 5.32 Å². The summed E-state index contributed by atoms with van der Waals surface area (Å²) in [5.41, 5.74) is 2.84. The highest BCUT2D eigenvalue weighted by Gasteiger charge is 2.28. The number of carbonyl (C=O) groups excluding carboxylic acids is 1. The van der Waals surface area contributed by atoms with E-state index in [0.717, 1.165) is 16.8 Å². The summed E-state index contributed by atoms with van der Waals surface area (Å²) >= 11 is 0. The van der Waals surface area contributed by atoms with Gasteiger partial charge in [-0.3, -0.25) is 4.98 Å². The van der Waals surface area contributed by atoms with Crippen molar-refractivity contribution in [3.8, 4) is 11.1 Å². The zero-order valence-electron chi connectivity index (χ0n) is 15.4. The van der Waals surface area contributed by atoms with E-state index in [0.29, 0.717) is 25.5 Å². The molecule has 2 amide bonds. The van der Waals surface area contributed by atoms with Gasteiger partial charge in [-0.15, -0.1) is 5.10 Å². The number of fused-ring (bicyclic) bond motifs is 1. The average molecular weight is 366 g/mol. The molecule has 1 saturated heterocycles. The summed E-state index contributed by atoms with van der Waals surface area (Å²) in [6, 6.07) is 7.86. The van der Waals surface area contributed by atoms with Crippen molar-refractivity contribution in [3.63, 3.8) is 0 Å². The van der Waals surface area contributed by atoms with Gasteiger partial charge in [-0.1, -0.05) is 0 Å². The van der Waals surface area contributed by atoms with Crippen molar-refractivity contribution >= 4 is 11.7 Å². The number of pyridine rings is 2. The first kappa shape index (κ1) is 17.4. The first-order valence-electron chi connectivity index (χ1n) is 9.04. The molecule has 1 aliphatic rings. The second kappa shape index (κ2) is 7.32. The van der Waals surface area contributed by atoms with E-state index in [2.05, 4.69) is 20.4 Å². The van der Waals surface area contributed by atoms with Crippen LogP contribution in [0, 0.1) is 0 Å². The van der Waals surface area contributed by atoms with Crippen molar-refractivity contribution in [2.75, 3.05) is 19.7 Å². The normalized spacial score (nSPS) is 17.4. The first-order chi connectivity index (χ1) is 13.1. The Morgan fingerprint density at radius 2 is 2.04 bits per heavy atom. The Morgan fingerprint density at radius 3 is 2.81 bits per heavy atom. The summed E-state index contributed by atoms with van der Waals surface area (Å²) in [7, 11) is 0. The van der Waals surface area contributed by atoms with E-state index >= 15 is 0 Å². The highest BCUT2D eigenvalue weighted by molar-refractivity contribution is 5.74.